The number of halogens is 2. The standard InChI is InChI=1S/C14H15BrClNOS/c1-8-6-19-7-11(8)13(17-2)10-4-9(16)5-12(15)14(10)18-3/h4-7,13,17H,1-3H3. The zero-order chi connectivity index (χ0) is 14.0. The minimum Gasteiger partial charge on any atom is -0.495 e. The van der Waals surface area contributed by atoms with E-state index in [0.29, 0.717) is 5.02 Å². The average Bonchev–Trinajstić information content (AvgIpc) is 2.76. The van der Waals surface area contributed by atoms with Crippen molar-refractivity contribution in [1.82, 2.24) is 5.32 Å². The average molecular weight is 361 g/mol. The molecule has 0 spiro atoms. The second kappa shape index (κ2) is 6.27. The van der Waals surface area contributed by atoms with Crippen molar-refractivity contribution in [3.8, 4) is 5.75 Å². The number of ether oxygens (including phenoxy) is 1. The maximum absolute atomic E-state index is 6.17. The highest BCUT2D eigenvalue weighted by Gasteiger charge is 2.21. The molecule has 102 valence electrons. The molecule has 0 bridgehead atoms. The van der Waals surface area contributed by atoms with Crippen molar-refractivity contribution in [1.29, 1.82) is 0 Å². The summed E-state index contributed by atoms with van der Waals surface area (Å²) in [6, 6.07) is 3.86. The summed E-state index contributed by atoms with van der Waals surface area (Å²) >= 11 is 11.4. The zero-order valence-corrected chi connectivity index (χ0v) is 14.1. The Morgan fingerprint density at radius 1 is 1.32 bits per heavy atom. The lowest BCUT2D eigenvalue weighted by Gasteiger charge is -2.21. The summed E-state index contributed by atoms with van der Waals surface area (Å²) in [6.07, 6.45) is 0. The van der Waals surface area contributed by atoms with Gasteiger partial charge >= 0.3 is 0 Å². The van der Waals surface area contributed by atoms with Gasteiger partial charge in [-0.1, -0.05) is 11.6 Å². The van der Waals surface area contributed by atoms with Crippen molar-refractivity contribution in [2.24, 2.45) is 0 Å². The lowest BCUT2D eigenvalue weighted by Crippen LogP contribution is -2.18. The van der Waals surface area contributed by atoms with Crippen molar-refractivity contribution < 1.29 is 4.74 Å². The molecular weight excluding hydrogens is 346 g/mol. The molecule has 2 rings (SSSR count). The first-order valence-corrected chi connectivity index (χ1v) is 7.92. The minimum atomic E-state index is 0.0659. The molecule has 2 nitrogen and oxygen atoms in total. The maximum atomic E-state index is 6.17. The van der Waals surface area contributed by atoms with E-state index in [2.05, 4.69) is 38.9 Å². The second-order valence-corrected chi connectivity index (χ2v) is 6.28. The number of benzene rings is 1. The fourth-order valence-corrected chi connectivity index (χ4v) is 4.03. The number of hydrogen-bond donors (Lipinski definition) is 1. The predicted octanol–water partition coefficient (Wildman–Crippen LogP) is 4.79. The smallest absolute Gasteiger partial charge is 0.138 e. The van der Waals surface area contributed by atoms with Crippen molar-refractivity contribution >= 4 is 38.9 Å². The molecule has 1 N–H and O–H groups in total. The monoisotopic (exact) mass is 359 g/mol. The van der Waals surface area contributed by atoms with Crippen molar-refractivity contribution in [2.75, 3.05) is 14.2 Å². The minimum absolute atomic E-state index is 0.0659. The Hall–Kier alpha value is -0.550. The molecule has 0 fully saturated rings. The van der Waals surface area contributed by atoms with Crippen molar-refractivity contribution in [3.63, 3.8) is 0 Å². The first-order chi connectivity index (χ1) is 9.08. The second-order valence-electron chi connectivity index (χ2n) is 4.24. The molecule has 1 atom stereocenters. The van der Waals surface area contributed by atoms with Crippen LogP contribution >= 0.6 is 38.9 Å². The maximum Gasteiger partial charge on any atom is 0.138 e. The molecule has 19 heavy (non-hydrogen) atoms. The van der Waals surface area contributed by atoms with Crippen LogP contribution in [0.1, 0.15) is 22.7 Å². The summed E-state index contributed by atoms with van der Waals surface area (Å²) in [5, 5.41) is 8.33. The SMILES string of the molecule is CNC(c1cscc1C)c1cc(Cl)cc(Br)c1OC. The summed E-state index contributed by atoms with van der Waals surface area (Å²) in [5.41, 5.74) is 3.55. The van der Waals surface area contributed by atoms with Crippen LogP contribution in [-0.2, 0) is 0 Å². The van der Waals surface area contributed by atoms with Crippen LogP contribution in [0, 0.1) is 6.92 Å². The molecule has 0 aliphatic rings. The van der Waals surface area contributed by atoms with Gasteiger partial charge in [-0.15, -0.1) is 0 Å². The van der Waals surface area contributed by atoms with Crippen LogP contribution in [-0.4, -0.2) is 14.2 Å². The lowest BCUT2D eigenvalue weighted by molar-refractivity contribution is 0.402. The molecule has 0 radical (unpaired) electrons. The van der Waals surface area contributed by atoms with Gasteiger partial charge in [-0.05, 0) is 63.9 Å². The number of thiophene rings is 1. The number of methoxy groups -OCH3 is 1. The molecule has 1 aromatic heterocycles. The quantitative estimate of drug-likeness (QED) is 0.846. The van der Waals surface area contributed by atoms with Crippen LogP contribution in [0.25, 0.3) is 0 Å². The van der Waals surface area contributed by atoms with Gasteiger partial charge in [0.2, 0.25) is 0 Å². The lowest BCUT2D eigenvalue weighted by atomic mass is 9.98. The van der Waals surface area contributed by atoms with E-state index in [-0.39, 0.29) is 6.04 Å². The highest BCUT2D eigenvalue weighted by Crippen LogP contribution is 2.39. The highest BCUT2D eigenvalue weighted by atomic mass is 79.9. The fourth-order valence-electron chi connectivity index (χ4n) is 2.15. The Morgan fingerprint density at radius 3 is 2.58 bits per heavy atom. The summed E-state index contributed by atoms with van der Waals surface area (Å²) in [5.74, 6) is 0.814. The summed E-state index contributed by atoms with van der Waals surface area (Å²) in [7, 11) is 3.61. The van der Waals surface area contributed by atoms with Crippen molar-refractivity contribution in [2.45, 2.75) is 13.0 Å². The Morgan fingerprint density at radius 2 is 2.05 bits per heavy atom. The third kappa shape index (κ3) is 2.97. The first kappa shape index (κ1) is 14.9. The normalized spacial score (nSPS) is 12.5. The molecule has 0 saturated heterocycles. The van der Waals surface area contributed by atoms with E-state index in [9.17, 15) is 0 Å². The third-order valence-electron chi connectivity index (χ3n) is 3.05. The molecule has 5 heteroatoms. The van der Waals surface area contributed by atoms with Gasteiger partial charge in [-0.2, -0.15) is 11.3 Å². The van der Waals surface area contributed by atoms with E-state index in [1.165, 1.54) is 11.1 Å². The summed E-state index contributed by atoms with van der Waals surface area (Å²) in [6.45, 7) is 2.11. The van der Waals surface area contributed by atoms with Crippen LogP contribution in [0.15, 0.2) is 27.4 Å². The largest absolute Gasteiger partial charge is 0.495 e. The Labute approximate surface area is 130 Å². The Kier molecular flexibility index (Phi) is 4.90. The number of rotatable bonds is 4. The summed E-state index contributed by atoms with van der Waals surface area (Å²) in [4.78, 5) is 0. The topological polar surface area (TPSA) is 21.3 Å². The van der Waals surface area contributed by atoms with Crippen LogP contribution in [0.5, 0.6) is 5.75 Å². The van der Waals surface area contributed by atoms with E-state index < -0.39 is 0 Å². The molecule has 1 unspecified atom stereocenters. The fraction of sp³-hybridized carbons (Fsp3) is 0.286. The molecular formula is C14H15BrClNOS. The molecule has 0 aliphatic carbocycles. The molecule has 1 heterocycles. The summed E-state index contributed by atoms with van der Waals surface area (Å²) < 4.78 is 6.38. The van der Waals surface area contributed by atoms with Gasteiger partial charge in [-0.25, -0.2) is 0 Å². The molecule has 0 aliphatic heterocycles. The van der Waals surface area contributed by atoms with E-state index in [1.807, 2.05) is 19.2 Å². The van der Waals surface area contributed by atoms with E-state index in [4.69, 9.17) is 16.3 Å². The molecule has 0 amide bonds. The number of hydrogen-bond acceptors (Lipinski definition) is 3. The van der Waals surface area contributed by atoms with Crippen molar-refractivity contribution in [3.05, 3.63) is 49.1 Å². The van der Waals surface area contributed by atoms with Gasteiger partial charge in [0.25, 0.3) is 0 Å². The molecule has 0 saturated carbocycles. The van der Waals surface area contributed by atoms with Crippen LogP contribution in [0.4, 0.5) is 0 Å². The van der Waals surface area contributed by atoms with Gasteiger partial charge in [0.05, 0.1) is 17.6 Å². The van der Waals surface area contributed by atoms with Gasteiger partial charge < -0.3 is 10.1 Å². The van der Waals surface area contributed by atoms with E-state index >= 15 is 0 Å². The zero-order valence-electron chi connectivity index (χ0n) is 11.0. The number of aryl methyl sites for hydroxylation is 1. The molecule has 1 aromatic carbocycles. The van der Waals surface area contributed by atoms with Crippen LogP contribution < -0.4 is 10.1 Å². The Balaban J connectivity index is 2.58. The highest BCUT2D eigenvalue weighted by molar-refractivity contribution is 9.10. The van der Waals surface area contributed by atoms with Gasteiger partial charge in [0.1, 0.15) is 5.75 Å². The first-order valence-electron chi connectivity index (χ1n) is 5.81. The predicted molar refractivity (Wildman–Crippen MR) is 85.7 cm³/mol. The Bertz CT molecular complexity index is 585. The van der Waals surface area contributed by atoms with Gasteiger partial charge in [-0.3, -0.25) is 0 Å². The van der Waals surface area contributed by atoms with Gasteiger partial charge in [0.15, 0.2) is 0 Å². The third-order valence-corrected chi connectivity index (χ3v) is 4.73. The van der Waals surface area contributed by atoms with Crippen LogP contribution in [0.3, 0.4) is 0 Å². The number of nitrogens with one attached hydrogen (secondary N) is 1. The van der Waals surface area contributed by atoms with Gasteiger partial charge in [0, 0.05) is 10.6 Å². The van der Waals surface area contributed by atoms with E-state index in [0.717, 1.165) is 15.8 Å². The molecule has 2 aromatic rings. The van der Waals surface area contributed by atoms with Crippen LogP contribution in [0.2, 0.25) is 5.02 Å². The van der Waals surface area contributed by atoms with E-state index in [1.54, 1.807) is 18.4 Å².